The number of nitriles is 1. The molecular weight excluding hydrogens is 752 g/mol. The molecular formula is C40H37Cl2F3N8O2. The molecule has 0 radical (unpaired) electrons. The Morgan fingerprint density at radius 3 is 2.64 bits per heavy atom. The van der Waals surface area contributed by atoms with Gasteiger partial charge in [0, 0.05) is 77.9 Å². The summed E-state index contributed by atoms with van der Waals surface area (Å²) in [5.41, 5.74) is 2.89. The van der Waals surface area contributed by atoms with Crippen LogP contribution in [0, 0.1) is 35.9 Å². The standard InChI is InChI=1S/C40H37Cl2F3N8O2/c1-18(12-46)24-9-26-36(35(43)33(24)23-5-4-6-27(41)34(23)42)50-19(2)25-10-29(53(39(25)26)37-20-8-28(37)47-13-20)38-21-7-22(52(38)32(55)16-54)15-51(14-21)31-11-30(40(3,44)45)48-17-49-31/h4-6,9-11,17-18,20-22,28,37-38,47,54H,7-8,13-16H2,1-3H3/t18?,20-,21+,22-,28-,37+,38-/m1/s1. The highest BCUT2D eigenvalue weighted by atomic mass is 35.5. The molecule has 1 aliphatic carbocycles. The number of hydrogen-bond acceptors (Lipinski definition) is 8. The number of likely N-dealkylation sites (tertiary alicyclic amines) is 1. The van der Waals surface area contributed by atoms with Gasteiger partial charge in [-0.15, -0.1) is 0 Å². The van der Waals surface area contributed by atoms with Crippen LogP contribution < -0.4 is 10.2 Å². The van der Waals surface area contributed by atoms with Crippen LogP contribution in [0.15, 0.2) is 42.7 Å². The molecule has 7 heterocycles. The van der Waals surface area contributed by atoms with Gasteiger partial charge in [0.2, 0.25) is 5.91 Å². The van der Waals surface area contributed by atoms with E-state index in [1.54, 1.807) is 30.0 Å². The number of aryl methyl sites for hydroxylation is 1. The number of carbonyl (C=O) groups is 1. The molecule has 1 saturated carbocycles. The van der Waals surface area contributed by atoms with Crippen LogP contribution in [0.25, 0.3) is 32.9 Å². The van der Waals surface area contributed by atoms with Gasteiger partial charge < -0.3 is 24.8 Å². The molecule has 1 amide bonds. The lowest BCUT2D eigenvalue weighted by Gasteiger charge is -2.40. The molecule has 2 N–H and O–H groups in total. The number of nitrogens with zero attached hydrogens (tertiary/aromatic N) is 7. The van der Waals surface area contributed by atoms with E-state index >= 15 is 4.39 Å². The summed E-state index contributed by atoms with van der Waals surface area (Å²) in [4.78, 5) is 30.5. The third-order valence-electron chi connectivity index (χ3n) is 12.3. The fraction of sp³-hybridized carbons (Fsp3) is 0.425. The van der Waals surface area contributed by atoms with Crippen LogP contribution in [-0.2, 0) is 10.7 Å². The zero-order valence-electron chi connectivity index (χ0n) is 30.2. The SMILES string of the molecule is Cc1nc2c(F)c(-c3cccc(Cl)c3Cl)c(C(C)C#N)cc2c2c1cc([C@H]1[C@H]3C[C@H](CN(c4cc(C(C)(F)F)ncn4)C3)N1C(=O)CO)n2[C@H]1[C@H]2CN[C@@H]1C2. The quantitative estimate of drug-likeness (QED) is 0.175. The Bertz CT molecular complexity index is 2450. The lowest BCUT2D eigenvalue weighted by atomic mass is 9.79. The van der Waals surface area contributed by atoms with E-state index in [0.29, 0.717) is 47.5 Å². The second kappa shape index (κ2) is 13.0. The number of fused-ring (bicyclic) bond motifs is 6. The number of alkyl halides is 2. The number of aliphatic hydroxyl groups excluding tert-OH is 1. The topological polar surface area (TPSA) is 123 Å². The highest BCUT2D eigenvalue weighted by Gasteiger charge is 2.54. The molecule has 10 nitrogen and oxygen atoms in total. The minimum absolute atomic E-state index is 0.0155. The zero-order chi connectivity index (χ0) is 38.7. The van der Waals surface area contributed by atoms with Crippen molar-refractivity contribution in [2.45, 2.75) is 69.6 Å². The van der Waals surface area contributed by atoms with Crippen molar-refractivity contribution >= 4 is 56.7 Å². The maximum absolute atomic E-state index is 17.3. The van der Waals surface area contributed by atoms with E-state index in [0.717, 1.165) is 42.8 Å². The number of pyridine rings is 1. The van der Waals surface area contributed by atoms with Gasteiger partial charge in [0.05, 0.1) is 45.7 Å². The zero-order valence-corrected chi connectivity index (χ0v) is 31.7. The third-order valence-corrected chi connectivity index (χ3v) is 13.1. The summed E-state index contributed by atoms with van der Waals surface area (Å²) in [5, 5.41) is 25.9. The van der Waals surface area contributed by atoms with Crippen LogP contribution in [0.4, 0.5) is 19.0 Å². The second-order valence-electron chi connectivity index (χ2n) is 15.5. The van der Waals surface area contributed by atoms with Gasteiger partial charge in [-0.2, -0.15) is 14.0 Å². The summed E-state index contributed by atoms with van der Waals surface area (Å²) < 4.78 is 48.2. The van der Waals surface area contributed by atoms with E-state index in [1.807, 2.05) is 17.9 Å². The second-order valence-corrected chi connectivity index (χ2v) is 16.3. The molecule has 2 aromatic carbocycles. The Labute approximate surface area is 324 Å². The van der Waals surface area contributed by atoms with Crippen LogP contribution in [0.1, 0.15) is 67.3 Å². The van der Waals surface area contributed by atoms with Crippen molar-refractivity contribution in [3.8, 4) is 17.2 Å². The van der Waals surface area contributed by atoms with Gasteiger partial charge in [-0.05, 0) is 56.4 Å². The third kappa shape index (κ3) is 5.51. The highest BCUT2D eigenvalue weighted by Crippen LogP contribution is 2.53. The van der Waals surface area contributed by atoms with Crippen molar-refractivity contribution in [2.75, 3.05) is 31.1 Å². The van der Waals surface area contributed by atoms with Gasteiger partial charge in [0.25, 0.3) is 5.92 Å². The summed E-state index contributed by atoms with van der Waals surface area (Å²) >= 11 is 13.1. The fourth-order valence-corrected chi connectivity index (χ4v) is 10.2. The van der Waals surface area contributed by atoms with Crippen molar-refractivity contribution in [2.24, 2.45) is 11.8 Å². The molecule has 5 aliphatic rings. The van der Waals surface area contributed by atoms with E-state index in [9.17, 15) is 23.9 Å². The van der Waals surface area contributed by atoms with Gasteiger partial charge in [-0.25, -0.2) is 19.3 Å². The largest absolute Gasteiger partial charge is 0.387 e. The van der Waals surface area contributed by atoms with Gasteiger partial charge in [-0.3, -0.25) is 4.79 Å². The van der Waals surface area contributed by atoms with E-state index in [-0.39, 0.29) is 51.1 Å². The molecule has 3 aromatic heterocycles. The first-order valence-electron chi connectivity index (χ1n) is 18.4. The van der Waals surface area contributed by atoms with Gasteiger partial charge >= 0.3 is 0 Å². The summed E-state index contributed by atoms with van der Waals surface area (Å²) in [5.74, 6) is -4.47. The fourth-order valence-electron chi connectivity index (χ4n) is 9.81. The first-order chi connectivity index (χ1) is 26.3. The molecule has 15 heteroatoms. The van der Waals surface area contributed by atoms with Gasteiger partial charge in [-0.1, -0.05) is 35.3 Å². The van der Waals surface area contributed by atoms with Crippen LogP contribution in [0.3, 0.4) is 0 Å². The molecule has 7 atom stereocenters. The van der Waals surface area contributed by atoms with E-state index in [2.05, 4.69) is 32.0 Å². The first-order valence-corrected chi connectivity index (χ1v) is 19.2. The Hall–Kier alpha value is -4.48. The Morgan fingerprint density at radius 1 is 1.15 bits per heavy atom. The number of carbonyl (C=O) groups excluding carboxylic acids is 1. The molecule has 0 spiro atoms. The molecule has 10 rings (SSSR count). The minimum atomic E-state index is -3.16. The number of aromatic nitrogens is 4. The Morgan fingerprint density at radius 2 is 1.95 bits per heavy atom. The monoisotopic (exact) mass is 788 g/mol. The number of piperidine rings is 1. The minimum Gasteiger partial charge on any atom is -0.387 e. The molecule has 4 aliphatic heterocycles. The van der Waals surface area contributed by atoms with Crippen molar-refractivity contribution in [1.29, 1.82) is 5.26 Å². The van der Waals surface area contributed by atoms with Crippen molar-refractivity contribution in [1.82, 2.24) is 29.7 Å². The highest BCUT2D eigenvalue weighted by molar-refractivity contribution is 6.43. The maximum Gasteiger partial charge on any atom is 0.287 e. The predicted molar refractivity (Wildman–Crippen MR) is 203 cm³/mol. The summed E-state index contributed by atoms with van der Waals surface area (Å²) in [6, 6.07) is 11.8. The molecule has 4 bridgehead atoms. The maximum atomic E-state index is 17.3. The van der Waals surface area contributed by atoms with E-state index in [1.165, 1.54) is 6.07 Å². The van der Waals surface area contributed by atoms with Gasteiger partial charge in [0.1, 0.15) is 30.0 Å². The van der Waals surface area contributed by atoms with Crippen LogP contribution in [-0.4, -0.2) is 73.8 Å². The van der Waals surface area contributed by atoms with Crippen LogP contribution in [0.5, 0.6) is 0 Å². The van der Waals surface area contributed by atoms with Gasteiger partial charge in [0.15, 0.2) is 5.82 Å². The van der Waals surface area contributed by atoms with E-state index < -0.39 is 41.9 Å². The molecule has 55 heavy (non-hydrogen) atoms. The Kier molecular flexibility index (Phi) is 8.58. The lowest BCUT2D eigenvalue weighted by molar-refractivity contribution is -0.137. The number of aliphatic hydroxyl groups is 1. The number of benzene rings is 2. The van der Waals surface area contributed by atoms with Crippen LogP contribution >= 0.6 is 23.2 Å². The normalized spacial score (nSPS) is 25.1. The number of anilines is 1. The predicted octanol–water partition coefficient (Wildman–Crippen LogP) is 7.44. The average Bonchev–Trinajstić information content (AvgIpc) is 3.95. The summed E-state index contributed by atoms with van der Waals surface area (Å²) in [6.07, 6.45) is 2.74. The molecule has 5 fully saturated rings. The number of rotatable bonds is 7. The summed E-state index contributed by atoms with van der Waals surface area (Å²) in [6.45, 7) is 5.20. The summed E-state index contributed by atoms with van der Waals surface area (Å²) in [7, 11) is 0. The smallest absolute Gasteiger partial charge is 0.287 e. The number of halogens is 5. The molecule has 5 aromatic rings. The number of nitrogens with one attached hydrogen (secondary N) is 1. The van der Waals surface area contributed by atoms with Crippen LogP contribution in [0.2, 0.25) is 10.0 Å². The lowest BCUT2D eigenvalue weighted by Crippen LogP contribution is -2.45. The van der Waals surface area contributed by atoms with E-state index in [4.69, 9.17) is 28.2 Å². The van der Waals surface area contributed by atoms with Crippen molar-refractivity contribution < 1.29 is 23.1 Å². The van der Waals surface area contributed by atoms with Crippen molar-refractivity contribution in [3.63, 3.8) is 0 Å². The van der Waals surface area contributed by atoms with Crippen molar-refractivity contribution in [3.05, 3.63) is 81.2 Å². The molecule has 284 valence electrons. The average molecular weight is 790 g/mol. The number of amides is 1. The first kappa shape index (κ1) is 36.2. The Balaban J connectivity index is 1.28. The molecule has 4 saturated heterocycles. The number of hydrogen-bond donors (Lipinski definition) is 2. The molecule has 1 unspecified atom stereocenters.